The SMILES string of the molecule is CCc1nc(C(N)=O)c(Nc2ccc3c(c2)\C=C/C=C/C=C/3)nc1N[C@H]1CC[C@H](N=O)CC1. The zero-order valence-electron chi connectivity index (χ0n) is 18.6. The normalized spacial score (nSPS) is 22.2. The molecule has 1 aromatic heterocycles. The molecule has 2 aliphatic rings. The van der Waals surface area contributed by atoms with Crippen LogP contribution >= 0.6 is 0 Å². The Labute approximate surface area is 193 Å². The Hall–Kier alpha value is -3.81. The molecule has 0 saturated heterocycles. The first-order valence-electron chi connectivity index (χ1n) is 11.3. The lowest BCUT2D eigenvalue weighted by Crippen LogP contribution is -2.29. The summed E-state index contributed by atoms with van der Waals surface area (Å²) >= 11 is 0. The summed E-state index contributed by atoms with van der Waals surface area (Å²) in [6, 6.07) is 6.01. The van der Waals surface area contributed by atoms with Gasteiger partial charge in [0.05, 0.1) is 11.7 Å². The van der Waals surface area contributed by atoms with E-state index in [1.54, 1.807) is 0 Å². The minimum absolute atomic E-state index is 0.105. The van der Waals surface area contributed by atoms with Gasteiger partial charge < -0.3 is 16.4 Å². The number of nitroso groups, excluding NO2 is 1. The standard InChI is InChI=1S/C25H28N6O2/c1-2-21-24(27-18-11-13-19(31-33)14-12-18)30-25(22(29-21)23(26)32)28-20-10-9-16-7-5-3-4-6-8-17(16)15-20/h3-10,15,18-19H,2,11-14H2,1H3,(H2,26,32)(H2,27,28,30)/b4-3+,5-3?,6-4?,7-5+,8-6-,16-7?,17-8?/t18-,19-. The number of allylic oxidation sites excluding steroid dienone is 4. The highest BCUT2D eigenvalue weighted by Crippen LogP contribution is 2.28. The number of hydrogen-bond donors (Lipinski definition) is 3. The molecule has 0 atom stereocenters. The van der Waals surface area contributed by atoms with E-state index in [1.165, 1.54) is 0 Å². The van der Waals surface area contributed by atoms with Gasteiger partial charge in [0.25, 0.3) is 5.91 Å². The molecule has 1 fully saturated rings. The van der Waals surface area contributed by atoms with Crippen molar-refractivity contribution in [1.29, 1.82) is 0 Å². The van der Waals surface area contributed by atoms with Crippen molar-refractivity contribution in [1.82, 2.24) is 9.97 Å². The first-order valence-corrected chi connectivity index (χ1v) is 11.3. The summed E-state index contributed by atoms with van der Waals surface area (Å²) in [7, 11) is 0. The summed E-state index contributed by atoms with van der Waals surface area (Å²) in [4.78, 5) is 32.2. The molecule has 170 valence electrons. The lowest BCUT2D eigenvalue weighted by Gasteiger charge is -2.27. The summed E-state index contributed by atoms with van der Waals surface area (Å²) < 4.78 is 0. The van der Waals surface area contributed by atoms with Gasteiger partial charge in [-0.25, -0.2) is 9.97 Å². The number of carbonyl (C=O) groups is 1. The summed E-state index contributed by atoms with van der Waals surface area (Å²) in [6.45, 7) is 1.96. The van der Waals surface area contributed by atoms with E-state index in [-0.39, 0.29) is 17.8 Å². The fourth-order valence-electron chi connectivity index (χ4n) is 4.14. The van der Waals surface area contributed by atoms with Crippen LogP contribution in [-0.4, -0.2) is 28.0 Å². The molecule has 0 radical (unpaired) electrons. The van der Waals surface area contributed by atoms with Gasteiger partial charge in [0.1, 0.15) is 5.82 Å². The summed E-state index contributed by atoms with van der Waals surface area (Å²) in [5, 5.41) is 9.88. The van der Waals surface area contributed by atoms with Gasteiger partial charge in [-0.3, -0.25) is 4.79 Å². The van der Waals surface area contributed by atoms with Crippen LogP contribution in [0.25, 0.3) is 12.2 Å². The first kappa shape index (κ1) is 22.4. The maximum absolute atomic E-state index is 12.2. The van der Waals surface area contributed by atoms with Crippen molar-refractivity contribution in [2.75, 3.05) is 10.6 Å². The molecule has 0 aliphatic heterocycles. The third-order valence-corrected chi connectivity index (χ3v) is 5.96. The maximum atomic E-state index is 12.2. The number of rotatable bonds is 7. The molecule has 0 unspecified atom stereocenters. The molecule has 2 aromatic rings. The van der Waals surface area contributed by atoms with Crippen molar-refractivity contribution < 1.29 is 4.79 Å². The highest BCUT2D eigenvalue weighted by atomic mass is 16.3. The molecular formula is C25H28N6O2. The molecule has 4 rings (SSSR count). The van der Waals surface area contributed by atoms with Crippen molar-refractivity contribution in [2.24, 2.45) is 10.9 Å². The first-order chi connectivity index (χ1) is 16.1. The molecule has 1 saturated carbocycles. The Morgan fingerprint density at radius 1 is 1.03 bits per heavy atom. The van der Waals surface area contributed by atoms with Crippen LogP contribution < -0.4 is 16.4 Å². The van der Waals surface area contributed by atoms with Crippen LogP contribution in [0.2, 0.25) is 0 Å². The second kappa shape index (κ2) is 10.2. The summed E-state index contributed by atoms with van der Waals surface area (Å²) in [5.41, 5.74) is 9.33. The van der Waals surface area contributed by atoms with E-state index < -0.39 is 5.91 Å². The van der Waals surface area contributed by atoms with Crippen LogP contribution in [0.1, 0.15) is 59.9 Å². The van der Waals surface area contributed by atoms with E-state index >= 15 is 0 Å². The fraction of sp³-hybridized carbons (Fsp3) is 0.320. The number of anilines is 3. The predicted molar refractivity (Wildman–Crippen MR) is 132 cm³/mol. The minimum Gasteiger partial charge on any atom is -0.366 e. The molecule has 0 bridgehead atoms. The van der Waals surface area contributed by atoms with Gasteiger partial charge in [-0.15, -0.1) is 0 Å². The van der Waals surface area contributed by atoms with E-state index in [0.717, 1.165) is 42.5 Å². The Kier molecular flexibility index (Phi) is 6.92. The number of primary amides is 1. The molecule has 1 aromatic carbocycles. The second-order valence-electron chi connectivity index (χ2n) is 8.26. The van der Waals surface area contributed by atoms with E-state index in [0.29, 0.717) is 23.8 Å². The van der Waals surface area contributed by atoms with Gasteiger partial charge in [-0.2, -0.15) is 4.91 Å². The number of nitrogens with zero attached hydrogens (tertiary/aromatic N) is 3. The summed E-state index contributed by atoms with van der Waals surface area (Å²) in [5.74, 6) is 0.311. The van der Waals surface area contributed by atoms with Gasteiger partial charge in [0.15, 0.2) is 11.5 Å². The zero-order chi connectivity index (χ0) is 23.2. The number of carbonyl (C=O) groups excluding carboxylic acids is 1. The van der Waals surface area contributed by atoms with Crippen molar-refractivity contribution in [3.8, 4) is 0 Å². The molecule has 8 heteroatoms. The zero-order valence-corrected chi connectivity index (χ0v) is 18.6. The number of fused-ring (bicyclic) bond motifs is 1. The Morgan fingerprint density at radius 3 is 2.42 bits per heavy atom. The van der Waals surface area contributed by atoms with Crippen molar-refractivity contribution >= 4 is 35.4 Å². The number of amides is 1. The van der Waals surface area contributed by atoms with Crippen molar-refractivity contribution in [3.63, 3.8) is 0 Å². The molecular weight excluding hydrogens is 416 g/mol. The van der Waals surface area contributed by atoms with Crippen LogP contribution in [-0.2, 0) is 6.42 Å². The van der Waals surface area contributed by atoms with Gasteiger partial charge in [-0.05, 0) is 55.4 Å². The Morgan fingerprint density at radius 2 is 1.76 bits per heavy atom. The van der Waals surface area contributed by atoms with Gasteiger partial charge in [0, 0.05) is 11.7 Å². The van der Waals surface area contributed by atoms with E-state index in [2.05, 4.69) is 20.8 Å². The number of benzene rings is 1. The third-order valence-electron chi connectivity index (χ3n) is 5.96. The Bertz CT molecular complexity index is 1130. The predicted octanol–water partition coefficient (Wildman–Crippen LogP) is 4.97. The monoisotopic (exact) mass is 444 g/mol. The second-order valence-corrected chi connectivity index (χ2v) is 8.26. The molecule has 33 heavy (non-hydrogen) atoms. The van der Waals surface area contributed by atoms with Crippen LogP contribution in [0.5, 0.6) is 0 Å². The fourth-order valence-corrected chi connectivity index (χ4v) is 4.14. The van der Waals surface area contributed by atoms with Crippen molar-refractivity contribution in [3.05, 3.63) is 69.9 Å². The van der Waals surface area contributed by atoms with Crippen LogP contribution in [0, 0.1) is 4.91 Å². The molecule has 1 amide bonds. The number of aryl methyl sites for hydroxylation is 1. The molecule has 0 spiro atoms. The van der Waals surface area contributed by atoms with E-state index in [4.69, 9.17) is 10.7 Å². The topological polar surface area (TPSA) is 122 Å². The third kappa shape index (κ3) is 5.34. The van der Waals surface area contributed by atoms with Crippen LogP contribution in [0.15, 0.2) is 47.7 Å². The average molecular weight is 445 g/mol. The van der Waals surface area contributed by atoms with Gasteiger partial charge in [0.2, 0.25) is 0 Å². The largest absolute Gasteiger partial charge is 0.366 e. The van der Waals surface area contributed by atoms with E-state index in [9.17, 15) is 9.70 Å². The smallest absolute Gasteiger partial charge is 0.271 e. The number of nitrogens with one attached hydrogen (secondary N) is 2. The van der Waals surface area contributed by atoms with Crippen molar-refractivity contribution in [2.45, 2.75) is 51.1 Å². The Balaban J connectivity index is 1.63. The van der Waals surface area contributed by atoms with Gasteiger partial charge >= 0.3 is 0 Å². The average Bonchev–Trinajstić information content (AvgIpc) is 2.80. The highest BCUT2D eigenvalue weighted by molar-refractivity contribution is 5.96. The quantitative estimate of drug-likeness (QED) is 0.518. The maximum Gasteiger partial charge on any atom is 0.271 e. The highest BCUT2D eigenvalue weighted by Gasteiger charge is 2.24. The minimum atomic E-state index is -0.636. The number of aromatic nitrogens is 2. The molecule has 4 N–H and O–H groups in total. The molecule has 1 heterocycles. The van der Waals surface area contributed by atoms with Crippen LogP contribution in [0.3, 0.4) is 0 Å². The molecule has 2 aliphatic carbocycles. The number of nitrogens with two attached hydrogens (primary N) is 1. The lowest BCUT2D eigenvalue weighted by molar-refractivity contribution is 0.0996. The number of hydrogen-bond acceptors (Lipinski definition) is 7. The van der Waals surface area contributed by atoms with Gasteiger partial charge in [-0.1, -0.05) is 54.6 Å². The van der Waals surface area contributed by atoms with E-state index in [1.807, 2.05) is 61.6 Å². The lowest BCUT2D eigenvalue weighted by atomic mass is 9.92. The molecule has 8 nitrogen and oxygen atoms in total. The van der Waals surface area contributed by atoms with Crippen LogP contribution in [0.4, 0.5) is 17.3 Å². The summed E-state index contributed by atoms with van der Waals surface area (Å²) in [6.07, 6.45) is 15.8.